The molecule has 1 aliphatic rings. The van der Waals surface area contributed by atoms with Crippen LogP contribution in [0.4, 0.5) is 11.4 Å². The number of benzene rings is 2. The first-order valence-corrected chi connectivity index (χ1v) is 7.12. The van der Waals surface area contributed by atoms with Crippen molar-refractivity contribution in [2.45, 2.75) is 0 Å². The molecule has 0 radical (unpaired) electrons. The van der Waals surface area contributed by atoms with Gasteiger partial charge in [0.25, 0.3) is 11.6 Å². The molecule has 1 amide bonds. The molecule has 0 bridgehead atoms. The molecule has 0 atom stereocenters. The number of fused-ring (bicyclic) bond motifs is 1. The summed E-state index contributed by atoms with van der Waals surface area (Å²) in [5.41, 5.74) is 1.53. The number of aromatic hydroxyl groups is 1. The van der Waals surface area contributed by atoms with Gasteiger partial charge in [0.15, 0.2) is 5.75 Å². The van der Waals surface area contributed by atoms with Crippen LogP contribution in [0.25, 0.3) is 11.6 Å². The van der Waals surface area contributed by atoms with Crippen LogP contribution in [-0.4, -0.2) is 15.9 Å². The smallest absolute Gasteiger partial charge is 0.270 e. The van der Waals surface area contributed by atoms with Gasteiger partial charge >= 0.3 is 0 Å². The molecule has 0 aliphatic carbocycles. The number of anilines is 1. The molecular formula is C15H8Cl2N2O4. The van der Waals surface area contributed by atoms with Crippen molar-refractivity contribution in [1.29, 1.82) is 0 Å². The number of non-ortho nitro benzene ring substituents is 1. The number of carbonyl (C=O) groups excluding carboxylic acids is 1. The van der Waals surface area contributed by atoms with Crippen LogP contribution in [0.1, 0.15) is 11.1 Å². The molecule has 0 unspecified atom stereocenters. The Morgan fingerprint density at radius 3 is 2.43 bits per heavy atom. The summed E-state index contributed by atoms with van der Waals surface area (Å²) in [5, 5.41) is 23.2. The monoisotopic (exact) mass is 350 g/mol. The molecule has 0 saturated heterocycles. The Balaban J connectivity index is 2.13. The topological polar surface area (TPSA) is 92.5 Å². The highest BCUT2D eigenvalue weighted by atomic mass is 35.5. The molecule has 0 fully saturated rings. The third-order valence-electron chi connectivity index (χ3n) is 3.35. The van der Waals surface area contributed by atoms with Crippen molar-refractivity contribution in [1.82, 2.24) is 0 Å². The summed E-state index contributed by atoms with van der Waals surface area (Å²) in [4.78, 5) is 22.4. The lowest BCUT2D eigenvalue weighted by atomic mass is 10.0. The van der Waals surface area contributed by atoms with Crippen LogP contribution >= 0.6 is 23.2 Å². The van der Waals surface area contributed by atoms with E-state index in [9.17, 15) is 20.0 Å². The van der Waals surface area contributed by atoms with Crippen molar-refractivity contribution in [3.05, 3.63) is 61.6 Å². The van der Waals surface area contributed by atoms with Crippen molar-refractivity contribution in [2.75, 3.05) is 5.32 Å². The second-order valence-electron chi connectivity index (χ2n) is 4.83. The first kappa shape index (κ1) is 15.3. The third kappa shape index (κ3) is 2.74. The van der Waals surface area contributed by atoms with Gasteiger partial charge in [0.1, 0.15) is 0 Å². The van der Waals surface area contributed by atoms with E-state index >= 15 is 0 Å². The molecule has 0 spiro atoms. The maximum atomic E-state index is 12.1. The Kier molecular flexibility index (Phi) is 3.71. The minimum Gasteiger partial charge on any atom is -0.505 e. The second-order valence-corrected chi connectivity index (χ2v) is 5.65. The summed E-state index contributed by atoms with van der Waals surface area (Å²) >= 11 is 11.7. The average Bonchev–Trinajstić information content (AvgIpc) is 2.80. The summed E-state index contributed by atoms with van der Waals surface area (Å²) in [7, 11) is 0. The van der Waals surface area contributed by atoms with E-state index in [1.165, 1.54) is 36.4 Å². The maximum absolute atomic E-state index is 12.1. The zero-order valence-corrected chi connectivity index (χ0v) is 12.9. The molecule has 8 heteroatoms. The van der Waals surface area contributed by atoms with E-state index in [1.54, 1.807) is 0 Å². The Labute approximate surface area is 140 Å². The number of phenols is 1. The Morgan fingerprint density at radius 2 is 1.83 bits per heavy atom. The predicted molar refractivity (Wildman–Crippen MR) is 87.7 cm³/mol. The lowest BCUT2D eigenvalue weighted by molar-refractivity contribution is -0.384. The molecule has 1 aliphatic heterocycles. The van der Waals surface area contributed by atoms with Crippen molar-refractivity contribution < 1.29 is 14.8 Å². The molecular weight excluding hydrogens is 343 g/mol. The largest absolute Gasteiger partial charge is 0.505 e. The first-order chi connectivity index (χ1) is 10.9. The SMILES string of the molecule is O=C1Nc2ccc([N+](=O)[O-])cc2/C1=C/c1cc(Cl)c(O)c(Cl)c1. The van der Waals surface area contributed by atoms with Gasteiger partial charge in [0.05, 0.1) is 15.0 Å². The van der Waals surface area contributed by atoms with Gasteiger partial charge in [0, 0.05) is 29.0 Å². The number of halogens is 2. The fraction of sp³-hybridized carbons (Fsp3) is 0. The van der Waals surface area contributed by atoms with Gasteiger partial charge in [-0.05, 0) is 29.8 Å². The van der Waals surface area contributed by atoms with Crippen molar-refractivity contribution in [3.8, 4) is 5.75 Å². The zero-order valence-electron chi connectivity index (χ0n) is 11.3. The van der Waals surface area contributed by atoms with Gasteiger partial charge in [0.2, 0.25) is 0 Å². The highest BCUT2D eigenvalue weighted by molar-refractivity contribution is 6.38. The highest BCUT2D eigenvalue weighted by Gasteiger charge is 2.26. The Morgan fingerprint density at radius 1 is 1.17 bits per heavy atom. The lowest BCUT2D eigenvalue weighted by Crippen LogP contribution is -2.03. The molecule has 6 nitrogen and oxygen atoms in total. The molecule has 0 aromatic heterocycles. The number of carbonyl (C=O) groups is 1. The van der Waals surface area contributed by atoms with Crippen LogP contribution in [0.3, 0.4) is 0 Å². The molecule has 2 aromatic carbocycles. The maximum Gasteiger partial charge on any atom is 0.270 e. The molecule has 2 aromatic rings. The van der Waals surface area contributed by atoms with Crippen LogP contribution in [0.2, 0.25) is 10.0 Å². The minimum atomic E-state index is -0.533. The molecule has 0 saturated carbocycles. The number of rotatable bonds is 2. The number of phenolic OH excluding ortho intramolecular Hbond substituents is 1. The van der Waals surface area contributed by atoms with Crippen LogP contribution in [0, 0.1) is 10.1 Å². The van der Waals surface area contributed by atoms with E-state index in [-0.39, 0.29) is 33.0 Å². The standard InChI is InChI=1S/C15H8Cl2N2O4/c16-11-4-7(5-12(17)14(11)20)3-10-9-6-8(19(22)23)1-2-13(9)18-15(10)21/h1-6,20H,(H,18,21)/b10-3-. The minimum absolute atomic E-state index is 0.0435. The van der Waals surface area contributed by atoms with E-state index in [0.29, 0.717) is 16.8 Å². The third-order valence-corrected chi connectivity index (χ3v) is 3.92. The number of nitrogens with zero attached hydrogens (tertiary/aromatic N) is 1. The van der Waals surface area contributed by atoms with Crippen molar-refractivity contribution >= 4 is 52.1 Å². The van der Waals surface area contributed by atoms with Gasteiger partial charge in [-0.1, -0.05) is 23.2 Å². The quantitative estimate of drug-likeness (QED) is 0.484. The van der Waals surface area contributed by atoms with E-state index in [4.69, 9.17) is 23.2 Å². The molecule has 1 heterocycles. The predicted octanol–water partition coefficient (Wildman–Crippen LogP) is 4.10. The summed E-state index contributed by atoms with van der Waals surface area (Å²) in [6.45, 7) is 0. The van der Waals surface area contributed by atoms with Crippen LogP contribution in [-0.2, 0) is 4.79 Å². The molecule has 3 rings (SSSR count). The van der Waals surface area contributed by atoms with Crippen molar-refractivity contribution in [2.24, 2.45) is 0 Å². The summed E-state index contributed by atoms with van der Waals surface area (Å²) in [6, 6.07) is 7.00. The molecule has 23 heavy (non-hydrogen) atoms. The van der Waals surface area contributed by atoms with E-state index in [1.807, 2.05) is 0 Å². The normalized spacial score (nSPS) is 14.7. The van der Waals surface area contributed by atoms with Gasteiger partial charge in [-0.3, -0.25) is 14.9 Å². The fourth-order valence-corrected chi connectivity index (χ4v) is 2.77. The van der Waals surface area contributed by atoms with Crippen LogP contribution in [0.5, 0.6) is 5.75 Å². The van der Waals surface area contributed by atoms with E-state index < -0.39 is 4.92 Å². The summed E-state index contributed by atoms with van der Waals surface area (Å²) < 4.78 is 0. The van der Waals surface area contributed by atoms with Gasteiger partial charge in [-0.15, -0.1) is 0 Å². The lowest BCUT2D eigenvalue weighted by Gasteiger charge is -2.03. The van der Waals surface area contributed by atoms with Crippen LogP contribution < -0.4 is 5.32 Å². The Bertz CT molecular complexity index is 870. The van der Waals surface area contributed by atoms with E-state index in [0.717, 1.165) is 0 Å². The van der Waals surface area contributed by atoms with Crippen LogP contribution in [0.15, 0.2) is 30.3 Å². The average molecular weight is 351 g/mol. The van der Waals surface area contributed by atoms with Gasteiger partial charge < -0.3 is 10.4 Å². The second kappa shape index (κ2) is 5.57. The number of hydrogen-bond acceptors (Lipinski definition) is 4. The van der Waals surface area contributed by atoms with E-state index in [2.05, 4.69) is 5.32 Å². The number of amides is 1. The summed E-state index contributed by atoms with van der Waals surface area (Å²) in [5.74, 6) is -0.636. The van der Waals surface area contributed by atoms with Gasteiger partial charge in [-0.25, -0.2) is 0 Å². The zero-order chi connectivity index (χ0) is 16.7. The number of nitro groups is 1. The molecule has 116 valence electrons. The molecule has 2 N–H and O–H groups in total. The number of nitro benzene ring substituents is 1. The summed E-state index contributed by atoms with van der Waals surface area (Å²) in [6.07, 6.45) is 1.50. The van der Waals surface area contributed by atoms with Gasteiger partial charge in [-0.2, -0.15) is 0 Å². The fourth-order valence-electron chi connectivity index (χ4n) is 2.27. The first-order valence-electron chi connectivity index (χ1n) is 6.36. The number of nitrogens with one attached hydrogen (secondary N) is 1. The number of hydrogen-bond donors (Lipinski definition) is 2. The highest BCUT2D eigenvalue weighted by Crippen LogP contribution is 2.38. The van der Waals surface area contributed by atoms with Crippen molar-refractivity contribution in [3.63, 3.8) is 0 Å². The Hall–Kier alpha value is -2.57.